The first-order valence-corrected chi connectivity index (χ1v) is 11.4. The zero-order chi connectivity index (χ0) is 22.2. The predicted molar refractivity (Wildman–Crippen MR) is 121 cm³/mol. The van der Waals surface area contributed by atoms with E-state index in [9.17, 15) is 13.2 Å². The van der Waals surface area contributed by atoms with Gasteiger partial charge in [-0.3, -0.25) is 9.10 Å². The number of anilines is 2. The molecule has 0 saturated carbocycles. The molecule has 4 rings (SSSR count). The zero-order valence-corrected chi connectivity index (χ0v) is 18.4. The van der Waals surface area contributed by atoms with Gasteiger partial charge in [-0.1, -0.05) is 42.0 Å². The Morgan fingerprint density at radius 1 is 0.968 bits per heavy atom. The van der Waals surface area contributed by atoms with Crippen LogP contribution in [0.3, 0.4) is 0 Å². The molecule has 0 radical (unpaired) electrons. The van der Waals surface area contributed by atoms with E-state index in [4.69, 9.17) is 4.74 Å². The van der Waals surface area contributed by atoms with E-state index >= 15 is 0 Å². The Morgan fingerprint density at radius 2 is 1.65 bits per heavy atom. The molecule has 7 heteroatoms. The lowest BCUT2D eigenvalue weighted by Crippen LogP contribution is -2.48. The van der Waals surface area contributed by atoms with Crippen molar-refractivity contribution < 1.29 is 17.9 Å². The molecule has 0 bridgehead atoms. The minimum absolute atomic E-state index is 0.121. The number of carbonyl (C=O) groups is 1. The van der Waals surface area contributed by atoms with E-state index in [0.717, 1.165) is 16.7 Å². The lowest BCUT2D eigenvalue weighted by Gasteiger charge is -2.34. The summed E-state index contributed by atoms with van der Waals surface area (Å²) < 4.78 is 34.0. The summed E-state index contributed by atoms with van der Waals surface area (Å²) in [5.41, 5.74) is 3.99. The SMILES string of the molecule is Cc1ccc(S(=O)(=O)N2C[C@@H](C(=O)Nc3cc(C)ccc3C)Oc3ccccc32)cc1. The molecule has 0 aromatic heterocycles. The molecule has 0 aliphatic carbocycles. The summed E-state index contributed by atoms with van der Waals surface area (Å²) in [6.07, 6.45) is -0.991. The highest BCUT2D eigenvalue weighted by Crippen LogP contribution is 2.37. The van der Waals surface area contributed by atoms with Crippen LogP contribution in [-0.2, 0) is 14.8 Å². The quantitative estimate of drug-likeness (QED) is 0.665. The Balaban J connectivity index is 1.68. The highest BCUT2D eigenvalue weighted by Gasteiger charge is 2.37. The zero-order valence-electron chi connectivity index (χ0n) is 17.6. The molecule has 1 heterocycles. The molecule has 0 unspecified atom stereocenters. The number of para-hydroxylation sites is 2. The van der Waals surface area contributed by atoms with Gasteiger partial charge in [0.15, 0.2) is 6.10 Å². The minimum atomic E-state index is -3.87. The van der Waals surface area contributed by atoms with Crippen molar-refractivity contribution in [3.63, 3.8) is 0 Å². The molecule has 0 spiro atoms. The molecule has 1 atom stereocenters. The third-order valence-corrected chi connectivity index (χ3v) is 7.08. The van der Waals surface area contributed by atoms with Gasteiger partial charge < -0.3 is 10.1 Å². The Labute approximate surface area is 182 Å². The molecule has 3 aromatic rings. The number of hydrogen-bond donors (Lipinski definition) is 1. The third kappa shape index (κ3) is 4.14. The van der Waals surface area contributed by atoms with Crippen LogP contribution in [0.2, 0.25) is 0 Å². The largest absolute Gasteiger partial charge is 0.476 e. The Hall–Kier alpha value is -3.32. The number of ether oxygens (including phenoxy) is 1. The molecule has 3 aromatic carbocycles. The van der Waals surface area contributed by atoms with Crippen LogP contribution in [0.4, 0.5) is 11.4 Å². The second-order valence-electron chi connectivity index (χ2n) is 7.73. The molecule has 160 valence electrons. The van der Waals surface area contributed by atoms with Gasteiger partial charge in [0.2, 0.25) is 0 Å². The van der Waals surface area contributed by atoms with Crippen LogP contribution in [0.1, 0.15) is 16.7 Å². The smallest absolute Gasteiger partial charge is 0.267 e. The van der Waals surface area contributed by atoms with Crippen molar-refractivity contribution in [1.29, 1.82) is 0 Å². The molecule has 1 aliphatic rings. The van der Waals surface area contributed by atoms with Crippen molar-refractivity contribution in [3.05, 3.63) is 83.4 Å². The van der Waals surface area contributed by atoms with Gasteiger partial charge in [0.05, 0.1) is 17.1 Å². The van der Waals surface area contributed by atoms with E-state index < -0.39 is 22.0 Å². The average Bonchev–Trinajstić information content (AvgIpc) is 2.75. The first-order valence-electron chi connectivity index (χ1n) is 9.99. The van der Waals surface area contributed by atoms with Crippen molar-refractivity contribution in [3.8, 4) is 5.75 Å². The summed E-state index contributed by atoms with van der Waals surface area (Å²) in [6, 6.07) is 19.3. The standard InChI is InChI=1S/C24H24N2O4S/c1-16-9-12-19(13-10-16)31(28,29)26-15-23(30-22-7-5-4-6-21(22)26)24(27)25-20-14-17(2)8-11-18(20)3/h4-14,23H,15H2,1-3H3,(H,25,27)/t23-/m0/s1. The molecule has 1 aliphatic heterocycles. The normalized spacial score (nSPS) is 15.7. The summed E-state index contributed by atoms with van der Waals surface area (Å²) in [5.74, 6) is -0.0436. The first-order chi connectivity index (χ1) is 14.8. The Bertz CT molecular complexity index is 1240. The molecule has 6 nitrogen and oxygen atoms in total. The van der Waals surface area contributed by atoms with Crippen molar-refractivity contribution in [2.24, 2.45) is 0 Å². The molecule has 0 saturated heterocycles. The number of aryl methyl sites for hydroxylation is 3. The Morgan fingerprint density at radius 3 is 2.39 bits per heavy atom. The van der Waals surface area contributed by atoms with E-state index in [-0.39, 0.29) is 11.4 Å². The molecule has 31 heavy (non-hydrogen) atoms. The van der Waals surface area contributed by atoms with Crippen molar-refractivity contribution in [2.45, 2.75) is 31.8 Å². The van der Waals surface area contributed by atoms with E-state index in [0.29, 0.717) is 17.1 Å². The summed E-state index contributed by atoms with van der Waals surface area (Å²) >= 11 is 0. The maximum Gasteiger partial charge on any atom is 0.267 e. The number of rotatable bonds is 4. The second-order valence-corrected chi connectivity index (χ2v) is 9.59. The average molecular weight is 437 g/mol. The van der Waals surface area contributed by atoms with Crippen LogP contribution >= 0.6 is 0 Å². The van der Waals surface area contributed by atoms with Gasteiger partial charge in [-0.2, -0.15) is 0 Å². The van der Waals surface area contributed by atoms with Crippen molar-refractivity contribution in [1.82, 2.24) is 0 Å². The maximum absolute atomic E-state index is 13.4. The number of fused-ring (bicyclic) bond motifs is 1. The fourth-order valence-electron chi connectivity index (χ4n) is 3.49. The van der Waals surface area contributed by atoms with Crippen LogP contribution in [0, 0.1) is 20.8 Å². The van der Waals surface area contributed by atoms with Gasteiger partial charge in [-0.05, 0) is 62.2 Å². The van der Waals surface area contributed by atoms with E-state index in [1.165, 1.54) is 4.31 Å². The van der Waals surface area contributed by atoms with Crippen molar-refractivity contribution >= 4 is 27.3 Å². The summed E-state index contributed by atoms with van der Waals surface area (Å²) in [6.45, 7) is 5.62. The number of amides is 1. The fourth-order valence-corrected chi connectivity index (χ4v) is 4.96. The monoisotopic (exact) mass is 436 g/mol. The van der Waals surface area contributed by atoms with Gasteiger partial charge in [0.1, 0.15) is 5.75 Å². The summed E-state index contributed by atoms with van der Waals surface area (Å²) in [7, 11) is -3.87. The van der Waals surface area contributed by atoms with Gasteiger partial charge in [-0.25, -0.2) is 8.42 Å². The van der Waals surface area contributed by atoms with Crippen LogP contribution in [0.25, 0.3) is 0 Å². The van der Waals surface area contributed by atoms with Crippen LogP contribution in [0.5, 0.6) is 5.75 Å². The van der Waals surface area contributed by atoms with Crippen molar-refractivity contribution in [2.75, 3.05) is 16.2 Å². The lowest BCUT2D eigenvalue weighted by atomic mass is 10.1. The van der Waals surface area contributed by atoms with E-state index in [1.54, 1.807) is 48.5 Å². The minimum Gasteiger partial charge on any atom is -0.476 e. The maximum atomic E-state index is 13.4. The fraction of sp³-hybridized carbons (Fsp3) is 0.208. The molecule has 1 N–H and O–H groups in total. The van der Waals surface area contributed by atoms with Gasteiger partial charge >= 0.3 is 0 Å². The summed E-state index contributed by atoms with van der Waals surface area (Å²) in [5, 5.41) is 2.89. The van der Waals surface area contributed by atoms with E-state index in [2.05, 4.69) is 5.32 Å². The second kappa shape index (κ2) is 8.07. The highest BCUT2D eigenvalue weighted by molar-refractivity contribution is 7.92. The van der Waals surface area contributed by atoms with Crippen LogP contribution in [-0.4, -0.2) is 27.0 Å². The number of hydrogen-bond acceptors (Lipinski definition) is 4. The van der Waals surface area contributed by atoms with E-state index in [1.807, 2.05) is 39.0 Å². The Kier molecular flexibility index (Phi) is 5.45. The molecule has 0 fully saturated rings. The number of sulfonamides is 1. The number of carbonyl (C=O) groups excluding carboxylic acids is 1. The van der Waals surface area contributed by atoms with Crippen LogP contribution < -0.4 is 14.4 Å². The number of nitrogens with one attached hydrogen (secondary N) is 1. The topological polar surface area (TPSA) is 75.7 Å². The molecular formula is C24H24N2O4S. The molecular weight excluding hydrogens is 412 g/mol. The van der Waals surface area contributed by atoms with Crippen LogP contribution in [0.15, 0.2) is 71.6 Å². The first kappa shape index (κ1) is 20.9. The number of benzene rings is 3. The van der Waals surface area contributed by atoms with Gasteiger partial charge in [0, 0.05) is 5.69 Å². The lowest BCUT2D eigenvalue weighted by molar-refractivity contribution is -0.122. The highest BCUT2D eigenvalue weighted by atomic mass is 32.2. The predicted octanol–water partition coefficient (Wildman–Crippen LogP) is 4.21. The van der Waals surface area contributed by atoms with Gasteiger partial charge in [0.25, 0.3) is 15.9 Å². The summed E-state index contributed by atoms with van der Waals surface area (Å²) in [4.78, 5) is 13.2. The molecule has 1 amide bonds. The van der Waals surface area contributed by atoms with Gasteiger partial charge in [-0.15, -0.1) is 0 Å². The number of nitrogens with zero attached hydrogens (tertiary/aromatic N) is 1. The third-order valence-electron chi connectivity index (χ3n) is 5.29.